The molecule has 0 radical (unpaired) electrons. The van der Waals surface area contributed by atoms with Gasteiger partial charge in [0.05, 0.1) is 31.9 Å². The summed E-state index contributed by atoms with van der Waals surface area (Å²) in [4.78, 5) is 11.9. The Kier molecular flexibility index (Phi) is 8.37. The average molecular weight is 539 g/mol. The third-order valence-electron chi connectivity index (χ3n) is 5.22. The number of nitrogens with zero attached hydrogens (tertiary/aromatic N) is 1. The molecule has 0 unspecified atom stereocenters. The van der Waals surface area contributed by atoms with E-state index in [0.29, 0.717) is 32.7 Å². The van der Waals surface area contributed by atoms with Gasteiger partial charge in [0.15, 0.2) is 11.5 Å². The van der Waals surface area contributed by atoms with E-state index in [2.05, 4.69) is 0 Å². The first-order chi connectivity index (χ1) is 16.6. The molecule has 0 fully saturated rings. The standard InChI is InChI=1S/C24H24Cl2N2O6S/c1-32-21-6-4-5-19(26)18(21)12-15-11-16(25)7-9-20(15)28(14-24(27)29)35(30,31)17-8-10-22(33-2)23(13-17)34-3/h4-11,13H,12,14H2,1-3H3,(H2,27,29). The molecule has 0 aliphatic carbocycles. The molecule has 186 valence electrons. The molecule has 35 heavy (non-hydrogen) atoms. The van der Waals surface area contributed by atoms with Crippen LogP contribution in [0.1, 0.15) is 11.1 Å². The van der Waals surface area contributed by atoms with Gasteiger partial charge in [-0.3, -0.25) is 9.10 Å². The Bertz CT molecular complexity index is 1350. The number of primary amides is 1. The van der Waals surface area contributed by atoms with Crippen molar-refractivity contribution in [2.75, 3.05) is 32.2 Å². The summed E-state index contributed by atoms with van der Waals surface area (Å²) in [5, 5.41) is 0.803. The number of sulfonamides is 1. The maximum absolute atomic E-state index is 13.8. The van der Waals surface area contributed by atoms with Gasteiger partial charge in [-0.25, -0.2) is 8.42 Å². The molecule has 1 amide bonds. The number of carbonyl (C=O) groups is 1. The second-order valence-electron chi connectivity index (χ2n) is 7.37. The second kappa shape index (κ2) is 11.1. The van der Waals surface area contributed by atoms with Crippen LogP contribution in [-0.4, -0.2) is 42.2 Å². The number of amides is 1. The summed E-state index contributed by atoms with van der Waals surface area (Å²) >= 11 is 12.7. The number of halogens is 2. The number of methoxy groups -OCH3 is 3. The predicted molar refractivity (Wildman–Crippen MR) is 136 cm³/mol. The maximum atomic E-state index is 13.8. The van der Waals surface area contributed by atoms with Gasteiger partial charge < -0.3 is 19.9 Å². The molecule has 0 heterocycles. The molecular weight excluding hydrogens is 515 g/mol. The van der Waals surface area contributed by atoms with E-state index in [1.54, 1.807) is 24.3 Å². The molecule has 0 aliphatic heterocycles. The van der Waals surface area contributed by atoms with E-state index in [1.165, 1.54) is 51.7 Å². The number of carbonyl (C=O) groups excluding carboxylic acids is 1. The van der Waals surface area contributed by atoms with Gasteiger partial charge in [-0.2, -0.15) is 0 Å². The summed E-state index contributed by atoms with van der Waals surface area (Å²) in [7, 11) is 0.0698. The Morgan fingerprint density at radius 3 is 2.23 bits per heavy atom. The number of nitrogens with two attached hydrogens (primary N) is 1. The summed E-state index contributed by atoms with van der Waals surface area (Å²) in [5.74, 6) is 0.244. The van der Waals surface area contributed by atoms with Crippen LogP contribution in [0, 0.1) is 0 Å². The molecule has 8 nitrogen and oxygen atoms in total. The van der Waals surface area contributed by atoms with Gasteiger partial charge in [0.2, 0.25) is 5.91 Å². The van der Waals surface area contributed by atoms with Crippen molar-refractivity contribution in [3.8, 4) is 17.2 Å². The van der Waals surface area contributed by atoms with Crippen molar-refractivity contribution in [1.29, 1.82) is 0 Å². The Morgan fingerprint density at radius 2 is 1.60 bits per heavy atom. The lowest BCUT2D eigenvalue weighted by Crippen LogP contribution is -2.39. The predicted octanol–water partition coefficient (Wildman–Crippen LogP) is 4.29. The Labute approximate surface area is 214 Å². The molecule has 0 spiro atoms. The highest BCUT2D eigenvalue weighted by atomic mass is 35.5. The van der Waals surface area contributed by atoms with Crippen molar-refractivity contribution in [2.24, 2.45) is 5.73 Å². The summed E-state index contributed by atoms with van der Waals surface area (Å²) in [5.41, 5.74) is 6.79. The van der Waals surface area contributed by atoms with Crippen molar-refractivity contribution in [3.05, 3.63) is 75.8 Å². The summed E-state index contributed by atoms with van der Waals surface area (Å²) in [6, 6.07) is 14.0. The SMILES string of the molecule is COc1ccc(S(=O)(=O)N(CC(N)=O)c2ccc(Cl)cc2Cc2c(Cl)cccc2OC)cc1OC. The minimum absolute atomic E-state index is 0.118. The molecule has 11 heteroatoms. The van der Waals surface area contributed by atoms with Gasteiger partial charge >= 0.3 is 0 Å². The number of benzene rings is 3. The van der Waals surface area contributed by atoms with E-state index in [9.17, 15) is 13.2 Å². The van der Waals surface area contributed by atoms with Gasteiger partial charge in [0, 0.05) is 28.1 Å². The Morgan fingerprint density at radius 1 is 0.914 bits per heavy atom. The summed E-state index contributed by atoms with van der Waals surface area (Å²) in [6.45, 7) is -0.606. The van der Waals surface area contributed by atoms with E-state index in [0.717, 1.165) is 4.31 Å². The quantitative estimate of drug-likeness (QED) is 0.412. The molecular formula is C24H24Cl2N2O6S. The van der Waals surface area contributed by atoms with Crippen LogP contribution in [0.4, 0.5) is 5.69 Å². The number of anilines is 1. The minimum Gasteiger partial charge on any atom is -0.496 e. The van der Waals surface area contributed by atoms with Crippen LogP contribution in [0.5, 0.6) is 17.2 Å². The first-order valence-corrected chi connectivity index (χ1v) is 12.4. The molecule has 3 aromatic carbocycles. The fraction of sp³-hybridized carbons (Fsp3) is 0.208. The van der Waals surface area contributed by atoms with Crippen LogP contribution in [0.25, 0.3) is 0 Å². The highest BCUT2D eigenvalue weighted by Gasteiger charge is 2.30. The lowest BCUT2D eigenvalue weighted by atomic mass is 10.0. The monoisotopic (exact) mass is 538 g/mol. The van der Waals surface area contributed by atoms with Crippen LogP contribution < -0.4 is 24.2 Å². The molecule has 0 aliphatic rings. The third kappa shape index (κ3) is 5.75. The van der Waals surface area contributed by atoms with Crippen LogP contribution >= 0.6 is 23.2 Å². The molecule has 3 rings (SSSR count). The zero-order valence-electron chi connectivity index (χ0n) is 19.2. The van der Waals surface area contributed by atoms with E-state index in [4.69, 9.17) is 43.1 Å². The first-order valence-electron chi connectivity index (χ1n) is 10.2. The van der Waals surface area contributed by atoms with Crippen LogP contribution in [0.2, 0.25) is 10.0 Å². The van der Waals surface area contributed by atoms with E-state index < -0.39 is 22.5 Å². The van der Waals surface area contributed by atoms with Crippen molar-refractivity contribution >= 4 is 44.8 Å². The smallest absolute Gasteiger partial charge is 0.264 e. The normalized spacial score (nSPS) is 11.1. The maximum Gasteiger partial charge on any atom is 0.264 e. The molecule has 0 atom stereocenters. The molecule has 2 N–H and O–H groups in total. The second-order valence-corrected chi connectivity index (χ2v) is 10.1. The first kappa shape index (κ1) is 26.5. The van der Waals surface area contributed by atoms with Crippen molar-refractivity contribution < 1.29 is 27.4 Å². The molecule has 0 bridgehead atoms. The number of hydrogen-bond acceptors (Lipinski definition) is 6. The van der Waals surface area contributed by atoms with Crippen LogP contribution in [-0.2, 0) is 21.2 Å². The lowest BCUT2D eigenvalue weighted by Gasteiger charge is -2.26. The Hall–Kier alpha value is -3.14. The van der Waals surface area contributed by atoms with E-state index in [-0.39, 0.29) is 22.8 Å². The minimum atomic E-state index is -4.27. The summed E-state index contributed by atoms with van der Waals surface area (Å²) in [6.07, 6.45) is 0.176. The topological polar surface area (TPSA) is 108 Å². The van der Waals surface area contributed by atoms with Crippen molar-refractivity contribution in [1.82, 2.24) is 0 Å². The molecule has 0 saturated carbocycles. The summed E-state index contributed by atoms with van der Waals surface area (Å²) < 4.78 is 44.3. The highest BCUT2D eigenvalue weighted by Crippen LogP contribution is 2.36. The lowest BCUT2D eigenvalue weighted by molar-refractivity contribution is -0.116. The molecule has 0 saturated heterocycles. The van der Waals surface area contributed by atoms with Gasteiger partial charge in [-0.15, -0.1) is 0 Å². The number of hydrogen-bond donors (Lipinski definition) is 1. The van der Waals surface area contributed by atoms with Crippen molar-refractivity contribution in [2.45, 2.75) is 11.3 Å². The number of rotatable bonds is 10. The zero-order chi connectivity index (χ0) is 25.8. The highest BCUT2D eigenvalue weighted by molar-refractivity contribution is 7.92. The van der Waals surface area contributed by atoms with Gasteiger partial charge in [0.25, 0.3) is 10.0 Å². The van der Waals surface area contributed by atoms with E-state index in [1.807, 2.05) is 0 Å². The third-order valence-corrected chi connectivity index (χ3v) is 7.56. The fourth-order valence-corrected chi connectivity index (χ4v) is 5.49. The van der Waals surface area contributed by atoms with Crippen LogP contribution in [0.15, 0.2) is 59.5 Å². The van der Waals surface area contributed by atoms with Gasteiger partial charge in [0.1, 0.15) is 12.3 Å². The van der Waals surface area contributed by atoms with E-state index >= 15 is 0 Å². The zero-order valence-corrected chi connectivity index (χ0v) is 21.6. The van der Waals surface area contributed by atoms with Crippen molar-refractivity contribution in [3.63, 3.8) is 0 Å². The van der Waals surface area contributed by atoms with Crippen LogP contribution in [0.3, 0.4) is 0 Å². The molecule has 0 aromatic heterocycles. The average Bonchev–Trinajstić information content (AvgIpc) is 2.83. The van der Waals surface area contributed by atoms with Gasteiger partial charge in [-0.05, 0) is 48.0 Å². The fourth-order valence-electron chi connectivity index (χ4n) is 3.58. The number of ether oxygens (including phenoxy) is 3. The molecule has 3 aromatic rings. The Balaban J connectivity index is 2.19. The largest absolute Gasteiger partial charge is 0.496 e. The van der Waals surface area contributed by atoms with Gasteiger partial charge in [-0.1, -0.05) is 29.3 Å².